The van der Waals surface area contributed by atoms with E-state index in [1.54, 1.807) is 19.9 Å². The zero-order valence-electron chi connectivity index (χ0n) is 11.1. The third-order valence-corrected chi connectivity index (χ3v) is 3.74. The number of rotatable bonds is 3. The molecule has 2 aromatic rings. The van der Waals surface area contributed by atoms with Crippen molar-refractivity contribution in [3.63, 3.8) is 0 Å². The average molecular weight is 298 g/mol. The highest BCUT2D eigenvalue weighted by Crippen LogP contribution is 2.31. The van der Waals surface area contributed by atoms with Gasteiger partial charge in [-0.25, -0.2) is 8.78 Å². The standard InChI is InChI=1S/C15H14F3OP/c1-3-19-11-7-6-9(12(16)14(11)18)10-5-4-8(2)15(20)13(10)17/h4-7H,3,20H2,1-2H3. The van der Waals surface area contributed by atoms with Crippen LogP contribution in [0, 0.1) is 24.4 Å². The van der Waals surface area contributed by atoms with Crippen LogP contribution in [0.15, 0.2) is 24.3 Å². The fraction of sp³-hybridized carbons (Fsp3) is 0.200. The SMILES string of the molecule is CCOc1ccc(-c2ccc(C)c(P)c2F)c(F)c1F. The highest BCUT2D eigenvalue weighted by molar-refractivity contribution is 7.27. The Labute approximate surface area is 118 Å². The lowest BCUT2D eigenvalue weighted by Crippen LogP contribution is -2.06. The summed E-state index contributed by atoms with van der Waals surface area (Å²) in [6.45, 7) is 3.64. The van der Waals surface area contributed by atoms with Crippen LogP contribution >= 0.6 is 9.24 Å². The number of halogens is 3. The van der Waals surface area contributed by atoms with Gasteiger partial charge < -0.3 is 4.74 Å². The van der Waals surface area contributed by atoms with Gasteiger partial charge in [0.15, 0.2) is 11.6 Å². The molecule has 0 saturated heterocycles. The van der Waals surface area contributed by atoms with E-state index in [0.717, 1.165) is 5.56 Å². The Balaban J connectivity index is 2.60. The first-order valence-corrected chi connectivity index (χ1v) is 6.70. The van der Waals surface area contributed by atoms with E-state index in [1.807, 2.05) is 0 Å². The minimum Gasteiger partial charge on any atom is -0.491 e. The lowest BCUT2D eigenvalue weighted by Gasteiger charge is -2.11. The molecule has 0 aromatic heterocycles. The minimum absolute atomic E-state index is 0.0278. The van der Waals surface area contributed by atoms with Gasteiger partial charge in [-0.15, -0.1) is 9.24 Å². The predicted molar refractivity (Wildman–Crippen MR) is 77.0 cm³/mol. The van der Waals surface area contributed by atoms with Gasteiger partial charge in [-0.1, -0.05) is 12.1 Å². The van der Waals surface area contributed by atoms with Gasteiger partial charge in [-0.05, 0) is 31.5 Å². The van der Waals surface area contributed by atoms with Crippen LogP contribution in [0.3, 0.4) is 0 Å². The fourth-order valence-electron chi connectivity index (χ4n) is 1.90. The quantitative estimate of drug-likeness (QED) is 0.779. The summed E-state index contributed by atoms with van der Waals surface area (Å²) in [4.78, 5) is 0. The van der Waals surface area contributed by atoms with Crippen LogP contribution in [-0.4, -0.2) is 6.61 Å². The molecule has 0 saturated carbocycles. The molecule has 0 fully saturated rings. The molecule has 0 aliphatic carbocycles. The molecule has 2 rings (SSSR count). The number of hydrogen-bond acceptors (Lipinski definition) is 1. The summed E-state index contributed by atoms with van der Waals surface area (Å²) < 4.78 is 47.0. The van der Waals surface area contributed by atoms with E-state index < -0.39 is 17.5 Å². The second-order valence-corrected chi connectivity index (χ2v) is 4.91. The van der Waals surface area contributed by atoms with Crippen molar-refractivity contribution in [2.75, 3.05) is 6.61 Å². The van der Waals surface area contributed by atoms with Gasteiger partial charge in [0.25, 0.3) is 0 Å². The molecule has 0 aliphatic heterocycles. The van der Waals surface area contributed by atoms with Crippen LogP contribution in [0.2, 0.25) is 0 Å². The monoisotopic (exact) mass is 298 g/mol. The van der Waals surface area contributed by atoms with Crippen LogP contribution in [0.25, 0.3) is 11.1 Å². The van der Waals surface area contributed by atoms with Gasteiger partial charge in [0, 0.05) is 16.4 Å². The minimum atomic E-state index is -1.11. The third-order valence-electron chi connectivity index (χ3n) is 3.03. The Morgan fingerprint density at radius 2 is 1.55 bits per heavy atom. The number of hydrogen-bond donors (Lipinski definition) is 0. The van der Waals surface area contributed by atoms with Crippen molar-refractivity contribution in [1.82, 2.24) is 0 Å². The second kappa shape index (κ2) is 5.84. The number of aryl methyl sites for hydroxylation is 1. The van der Waals surface area contributed by atoms with Crippen LogP contribution in [0.4, 0.5) is 13.2 Å². The largest absolute Gasteiger partial charge is 0.491 e. The maximum absolute atomic E-state index is 14.2. The van der Waals surface area contributed by atoms with Crippen molar-refractivity contribution in [2.45, 2.75) is 13.8 Å². The van der Waals surface area contributed by atoms with E-state index in [2.05, 4.69) is 9.24 Å². The molecule has 1 nitrogen and oxygen atoms in total. The summed E-state index contributed by atoms with van der Waals surface area (Å²) in [6, 6.07) is 5.73. The summed E-state index contributed by atoms with van der Waals surface area (Å²) >= 11 is 0. The molecule has 0 spiro atoms. The molecule has 0 aliphatic rings. The Hall–Kier alpha value is -1.54. The van der Waals surface area contributed by atoms with Gasteiger partial charge in [-0.2, -0.15) is 4.39 Å². The Morgan fingerprint density at radius 3 is 2.20 bits per heavy atom. The van der Waals surface area contributed by atoms with Crippen molar-refractivity contribution >= 4 is 14.5 Å². The molecular formula is C15H14F3OP. The molecule has 5 heteroatoms. The maximum Gasteiger partial charge on any atom is 0.201 e. The Morgan fingerprint density at radius 1 is 0.950 bits per heavy atom. The highest BCUT2D eigenvalue weighted by Gasteiger charge is 2.19. The first kappa shape index (κ1) is 14.9. The molecule has 1 unspecified atom stereocenters. The normalized spacial score (nSPS) is 10.7. The van der Waals surface area contributed by atoms with E-state index in [4.69, 9.17) is 4.74 Å². The topological polar surface area (TPSA) is 9.23 Å². The molecular weight excluding hydrogens is 284 g/mol. The van der Waals surface area contributed by atoms with Gasteiger partial charge in [0.05, 0.1) is 6.61 Å². The summed E-state index contributed by atoms with van der Waals surface area (Å²) in [7, 11) is 2.27. The number of ether oxygens (including phenoxy) is 1. The van der Waals surface area contributed by atoms with Crippen molar-refractivity contribution < 1.29 is 17.9 Å². The smallest absolute Gasteiger partial charge is 0.201 e. The van der Waals surface area contributed by atoms with Crippen molar-refractivity contribution in [3.8, 4) is 16.9 Å². The van der Waals surface area contributed by atoms with E-state index in [9.17, 15) is 13.2 Å². The van der Waals surface area contributed by atoms with Crippen LogP contribution < -0.4 is 10.0 Å². The molecule has 20 heavy (non-hydrogen) atoms. The molecule has 1 atom stereocenters. The van der Waals surface area contributed by atoms with Crippen LogP contribution in [0.1, 0.15) is 12.5 Å². The zero-order chi connectivity index (χ0) is 14.9. The van der Waals surface area contributed by atoms with Crippen molar-refractivity contribution in [2.24, 2.45) is 0 Å². The molecule has 0 N–H and O–H groups in total. The fourth-order valence-corrected chi connectivity index (χ4v) is 2.16. The molecule has 2 aromatic carbocycles. The van der Waals surface area contributed by atoms with E-state index in [1.165, 1.54) is 18.2 Å². The van der Waals surface area contributed by atoms with Crippen LogP contribution in [-0.2, 0) is 0 Å². The molecule has 0 bridgehead atoms. The van der Waals surface area contributed by atoms with E-state index in [0.29, 0.717) is 5.30 Å². The van der Waals surface area contributed by atoms with Crippen LogP contribution in [0.5, 0.6) is 5.75 Å². The Bertz CT molecular complexity index is 656. The first-order valence-electron chi connectivity index (χ1n) is 6.13. The lowest BCUT2D eigenvalue weighted by atomic mass is 10.0. The molecule has 106 valence electrons. The van der Waals surface area contributed by atoms with E-state index >= 15 is 0 Å². The molecule has 0 amide bonds. The van der Waals surface area contributed by atoms with Gasteiger partial charge >= 0.3 is 0 Å². The maximum atomic E-state index is 14.2. The van der Waals surface area contributed by atoms with Crippen molar-refractivity contribution in [3.05, 3.63) is 47.3 Å². The number of benzene rings is 2. The first-order chi connectivity index (χ1) is 9.47. The lowest BCUT2D eigenvalue weighted by molar-refractivity contribution is 0.314. The third kappa shape index (κ3) is 2.53. The second-order valence-electron chi connectivity index (χ2n) is 4.33. The summed E-state index contributed by atoms with van der Waals surface area (Å²) in [5, 5.41) is 0.344. The van der Waals surface area contributed by atoms with Gasteiger partial charge in [0.1, 0.15) is 5.82 Å². The van der Waals surface area contributed by atoms with Crippen molar-refractivity contribution in [1.29, 1.82) is 0 Å². The summed E-state index contributed by atoms with van der Waals surface area (Å²) in [5.41, 5.74) is 0.635. The Kier molecular flexibility index (Phi) is 4.34. The summed E-state index contributed by atoms with van der Waals surface area (Å²) in [6.07, 6.45) is 0. The zero-order valence-corrected chi connectivity index (χ0v) is 12.3. The van der Waals surface area contributed by atoms with Gasteiger partial charge in [0.2, 0.25) is 5.82 Å². The van der Waals surface area contributed by atoms with Gasteiger partial charge in [-0.3, -0.25) is 0 Å². The highest BCUT2D eigenvalue weighted by atomic mass is 31.0. The van der Waals surface area contributed by atoms with E-state index in [-0.39, 0.29) is 23.5 Å². The molecule has 0 radical (unpaired) electrons. The average Bonchev–Trinajstić information content (AvgIpc) is 2.43. The summed E-state index contributed by atoms with van der Waals surface area (Å²) in [5.74, 6) is -2.96. The molecule has 0 heterocycles. The predicted octanol–water partition coefficient (Wildman–Crippen LogP) is 3.98.